The van der Waals surface area contributed by atoms with Gasteiger partial charge in [-0.1, -0.05) is 34.1 Å². The number of H-pyrrole nitrogens is 2. The molecule has 2 aromatic carbocycles. The molecular formula is C18H19BrN4O3S. The first-order chi connectivity index (χ1) is 12.9. The van der Waals surface area contributed by atoms with Gasteiger partial charge in [-0.3, -0.25) is 4.90 Å². The van der Waals surface area contributed by atoms with Crippen LogP contribution in [0.5, 0.6) is 0 Å². The molecule has 0 radical (unpaired) electrons. The number of nitrogens with zero attached hydrogens (tertiary/aromatic N) is 2. The Morgan fingerprint density at radius 3 is 2.41 bits per heavy atom. The van der Waals surface area contributed by atoms with Gasteiger partial charge in [0.05, 0.1) is 15.9 Å². The summed E-state index contributed by atoms with van der Waals surface area (Å²) in [6, 6.07) is 12.7. The highest BCUT2D eigenvalue weighted by molar-refractivity contribution is 9.10. The molecule has 0 amide bonds. The highest BCUT2D eigenvalue weighted by Crippen LogP contribution is 2.22. The lowest BCUT2D eigenvalue weighted by Crippen LogP contribution is -2.48. The third kappa shape index (κ3) is 3.73. The van der Waals surface area contributed by atoms with Crippen LogP contribution in [0.1, 0.15) is 5.56 Å². The second kappa shape index (κ2) is 7.23. The largest absolute Gasteiger partial charge is 0.323 e. The molecule has 0 saturated carbocycles. The number of aromatic nitrogens is 2. The van der Waals surface area contributed by atoms with Crippen LogP contribution in [0.15, 0.2) is 56.6 Å². The zero-order valence-electron chi connectivity index (χ0n) is 14.5. The summed E-state index contributed by atoms with van der Waals surface area (Å²) in [5, 5.41) is 0. The fraction of sp³-hybridized carbons (Fsp3) is 0.278. The number of hydrogen-bond acceptors (Lipinski definition) is 4. The average molecular weight is 451 g/mol. The van der Waals surface area contributed by atoms with E-state index >= 15 is 0 Å². The van der Waals surface area contributed by atoms with Gasteiger partial charge in [-0.25, -0.2) is 13.2 Å². The molecule has 1 fully saturated rings. The molecule has 2 N–H and O–H groups in total. The lowest BCUT2D eigenvalue weighted by atomic mass is 10.2. The Morgan fingerprint density at radius 1 is 0.963 bits per heavy atom. The summed E-state index contributed by atoms with van der Waals surface area (Å²) in [5.41, 5.74) is 1.93. The maximum atomic E-state index is 13.0. The van der Waals surface area contributed by atoms with Gasteiger partial charge in [0.25, 0.3) is 0 Å². The fourth-order valence-electron chi connectivity index (χ4n) is 3.32. The Bertz CT molecular complexity index is 1130. The van der Waals surface area contributed by atoms with E-state index in [1.165, 1.54) is 22.0 Å². The van der Waals surface area contributed by atoms with Crippen molar-refractivity contribution in [1.82, 2.24) is 19.2 Å². The van der Waals surface area contributed by atoms with Crippen LogP contribution in [0.4, 0.5) is 0 Å². The summed E-state index contributed by atoms with van der Waals surface area (Å²) in [7, 11) is -3.59. The minimum Gasteiger partial charge on any atom is -0.306 e. The molecule has 27 heavy (non-hydrogen) atoms. The first kappa shape index (κ1) is 18.4. The van der Waals surface area contributed by atoms with E-state index in [1.807, 2.05) is 18.2 Å². The minimum atomic E-state index is -3.59. The number of sulfonamides is 1. The third-order valence-corrected chi connectivity index (χ3v) is 7.48. The van der Waals surface area contributed by atoms with E-state index in [9.17, 15) is 13.2 Å². The molecule has 142 valence electrons. The number of halogens is 1. The smallest absolute Gasteiger partial charge is 0.306 e. The third-order valence-electron chi connectivity index (χ3n) is 4.81. The fourth-order valence-corrected chi connectivity index (χ4v) is 5.18. The van der Waals surface area contributed by atoms with Gasteiger partial charge in [-0.2, -0.15) is 4.31 Å². The maximum Gasteiger partial charge on any atom is 0.323 e. The van der Waals surface area contributed by atoms with Crippen LogP contribution in [-0.2, 0) is 16.6 Å². The zero-order chi connectivity index (χ0) is 19.0. The van der Waals surface area contributed by atoms with Crippen LogP contribution >= 0.6 is 15.9 Å². The van der Waals surface area contributed by atoms with Crippen molar-refractivity contribution in [3.8, 4) is 0 Å². The van der Waals surface area contributed by atoms with E-state index in [1.54, 1.807) is 6.07 Å². The number of rotatable bonds is 4. The summed E-state index contributed by atoms with van der Waals surface area (Å²) in [6.07, 6.45) is 0. The van der Waals surface area contributed by atoms with Crippen molar-refractivity contribution in [3.63, 3.8) is 0 Å². The molecule has 0 aliphatic carbocycles. The van der Waals surface area contributed by atoms with Gasteiger partial charge in [-0.05, 0) is 29.8 Å². The second-order valence-electron chi connectivity index (χ2n) is 6.56. The molecule has 1 aliphatic rings. The lowest BCUT2D eigenvalue weighted by molar-refractivity contribution is 0.181. The molecule has 0 unspecified atom stereocenters. The molecule has 1 aromatic heterocycles. The van der Waals surface area contributed by atoms with Crippen molar-refractivity contribution in [2.24, 2.45) is 0 Å². The number of aromatic amines is 2. The van der Waals surface area contributed by atoms with E-state index in [4.69, 9.17) is 0 Å². The number of benzene rings is 2. The Hall–Kier alpha value is -1.94. The van der Waals surface area contributed by atoms with E-state index in [0.717, 1.165) is 11.0 Å². The molecule has 7 nitrogen and oxygen atoms in total. The Kier molecular flexibility index (Phi) is 4.94. The summed E-state index contributed by atoms with van der Waals surface area (Å²) in [4.78, 5) is 19.1. The Balaban J connectivity index is 1.47. The van der Waals surface area contributed by atoms with Crippen LogP contribution in [0.25, 0.3) is 11.0 Å². The molecule has 0 atom stereocenters. The molecule has 2 heterocycles. The van der Waals surface area contributed by atoms with Gasteiger partial charge in [0, 0.05) is 37.2 Å². The van der Waals surface area contributed by atoms with Crippen molar-refractivity contribution in [2.75, 3.05) is 26.2 Å². The monoisotopic (exact) mass is 450 g/mol. The van der Waals surface area contributed by atoms with Gasteiger partial charge in [0.15, 0.2) is 0 Å². The summed E-state index contributed by atoms with van der Waals surface area (Å²) in [6.45, 7) is 3.00. The maximum absolute atomic E-state index is 13.0. The molecule has 4 rings (SSSR count). The number of nitrogens with one attached hydrogen (secondary N) is 2. The summed E-state index contributed by atoms with van der Waals surface area (Å²) < 4.78 is 28.5. The van der Waals surface area contributed by atoms with Crippen molar-refractivity contribution < 1.29 is 8.42 Å². The van der Waals surface area contributed by atoms with Crippen LogP contribution in [-0.4, -0.2) is 53.8 Å². The molecule has 1 aliphatic heterocycles. The van der Waals surface area contributed by atoms with Crippen LogP contribution in [0, 0.1) is 0 Å². The Morgan fingerprint density at radius 2 is 1.67 bits per heavy atom. The van der Waals surface area contributed by atoms with E-state index in [2.05, 4.69) is 36.9 Å². The number of piperazine rings is 1. The number of hydrogen-bond donors (Lipinski definition) is 2. The van der Waals surface area contributed by atoms with Crippen LogP contribution < -0.4 is 5.69 Å². The lowest BCUT2D eigenvalue weighted by Gasteiger charge is -2.34. The van der Waals surface area contributed by atoms with Crippen molar-refractivity contribution >= 4 is 37.0 Å². The van der Waals surface area contributed by atoms with Gasteiger partial charge < -0.3 is 9.97 Å². The normalized spacial score (nSPS) is 16.8. The summed E-state index contributed by atoms with van der Waals surface area (Å²) >= 11 is 3.56. The Labute approximate surface area is 165 Å². The summed E-state index contributed by atoms with van der Waals surface area (Å²) in [5.74, 6) is 0. The standard InChI is InChI=1S/C18H19BrN4O3S/c19-15-4-2-1-3-13(15)12-22-7-9-23(10-8-22)27(25,26)14-5-6-16-17(11-14)21-18(24)20-16/h1-6,11H,7-10,12H2,(H2,20,21,24). The van der Waals surface area contributed by atoms with Crippen LogP contribution in [0.2, 0.25) is 0 Å². The van der Waals surface area contributed by atoms with Gasteiger partial charge in [0.1, 0.15) is 0 Å². The van der Waals surface area contributed by atoms with E-state index in [-0.39, 0.29) is 10.6 Å². The van der Waals surface area contributed by atoms with Crippen molar-refractivity contribution in [3.05, 3.63) is 63.0 Å². The molecule has 9 heteroatoms. The number of fused-ring (bicyclic) bond motifs is 1. The van der Waals surface area contributed by atoms with Gasteiger partial charge in [0.2, 0.25) is 10.0 Å². The SMILES string of the molecule is O=c1[nH]c2ccc(S(=O)(=O)N3CCN(Cc4ccccc4Br)CC3)cc2[nH]1. The quantitative estimate of drug-likeness (QED) is 0.636. The first-order valence-corrected chi connectivity index (χ1v) is 10.8. The van der Waals surface area contributed by atoms with E-state index < -0.39 is 10.0 Å². The molecule has 0 spiro atoms. The predicted octanol–water partition coefficient (Wildman–Crippen LogP) is 2.13. The second-order valence-corrected chi connectivity index (χ2v) is 9.35. The topological polar surface area (TPSA) is 89.3 Å². The van der Waals surface area contributed by atoms with Crippen molar-refractivity contribution in [1.29, 1.82) is 0 Å². The van der Waals surface area contributed by atoms with E-state index in [0.29, 0.717) is 37.2 Å². The van der Waals surface area contributed by atoms with Crippen molar-refractivity contribution in [2.45, 2.75) is 11.4 Å². The minimum absolute atomic E-state index is 0.199. The van der Waals surface area contributed by atoms with Crippen LogP contribution in [0.3, 0.4) is 0 Å². The van der Waals surface area contributed by atoms with Gasteiger partial charge >= 0.3 is 5.69 Å². The molecular weight excluding hydrogens is 432 g/mol. The predicted molar refractivity (Wildman–Crippen MR) is 107 cm³/mol. The molecule has 1 saturated heterocycles. The van der Waals surface area contributed by atoms with Gasteiger partial charge in [-0.15, -0.1) is 0 Å². The zero-order valence-corrected chi connectivity index (χ0v) is 16.9. The molecule has 0 bridgehead atoms. The first-order valence-electron chi connectivity index (χ1n) is 8.61. The highest BCUT2D eigenvalue weighted by atomic mass is 79.9. The molecule has 3 aromatic rings. The average Bonchev–Trinajstić information content (AvgIpc) is 3.03. The highest BCUT2D eigenvalue weighted by Gasteiger charge is 2.29. The number of imidazole rings is 1.